The van der Waals surface area contributed by atoms with E-state index in [1.807, 2.05) is 30.3 Å². The number of esters is 1. The first kappa shape index (κ1) is 17.7. The van der Waals surface area contributed by atoms with Crippen molar-refractivity contribution in [3.8, 4) is 17.2 Å². The largest absolute Gasteiger partial charge is 0.493 e. The lowest BCUT2D eigenvalue weighted by atomic mass is 10.1. The quantitative estimate of drug-likeness (QED) is 0.619. The Morgan fingerprint density at radius 2 is 1.77 bits per heavy atom. The molecule has 0 N–H and O–H groups in total. The van der Waals surface area contributed by atoms with E-state index in [2.05, 4.69) is 0 Å². The molecular weight excluding hydrogens is 336 g/mol. The summed E-state index contributed by atoms with van der Waals surface area (Å²) in [6, 6.07) is 11.0. The highest BCUT2D eigenvalue weighted by atomic mass is 16.5. The van der Waals surface area contributed by atoms with Gasteiger partial charge in [-0.05, 0) is 36.8 Å². The van der Waals surface area contributed by atoms with Gasteiger partial charge in [-0.15, -0.1) is 0 Å². The van der Waals surface area contributed by atoms with E-state index in [0.717, 1.165) is 10.9 Å². The molecule has 0 fully saturated rings. The Balaban J connectivity index is 1.90. The predicted molar refractivity (Wildman–Crippen MR) is 96.2 cm³/mol. The fourth-order valence-corrected chi connectivity index (χ4v) is 2.80. The molecule has 0 atom stereocenters. The molecule has 6 nitrogen and oxygen atoms in total. The van der Waals surface area contributed by atoms with E-state index in [9.17, 15) is 4.79 Å². The maximum absolute atomic E-state index is 11.8. The Bertz CT molecular complexity index is 941. The molecule has 136 valence electrons. The van der Waals surface area contributed by atoms with Crippen molar-refractivity contribution in [2.24, 2.45) is 0 Å². The molecule has 0 amide bonds. The van der Waals surface area contributed by atoms with Crippen molar-refractivity contribution in [2.75, 3.05) is 21.3 Å². The molecule has 0 radical (unpaired) electrons. The monoisotopic (exact) mass is 356 g/mol. The number of furan rings is 1. The zero-order valence-electron chi connectivity index (χ0n) is 15.1. The minimum Gasteiger partial charge on any atom is -0.493 e. The minimum absolute atomic E-state index is 0.185. The number of aryl methyl sites for hydroxylation is 1. The zero-order chi connectivity index (χ0) is 18.7. The third kappa shape index (κ3) is 3.18. The smallest absolute Gasteiger partial charge is 0.374 e. The van der Waals surface area contributed by atoms with Crippen LogP contribution in [0.1, 0.15) is 21.7 Å². The van der Waals surface area contributed by atoms with Crippen LogP contribution in [0, 0.1) is 6.92 Å². The molecule has 3 aromatic rings. The van der Waals surface area contributed by atoms with Crippen molar-refractivity contribution in [1.82, 2.24) is 0 Å². The van der Waals surface area contributed by atoms with Crippen LogP contribution in [0.2, 0.25) is 0 Å². The topological polar surface area (TPSA) is 67.1 Å². The average molecular weight is 356 g/mol. The van der Waals surface area contributed by atoms with E-state index in [4.69, 9.17) is 23.4 Å². The molecule has 0 aliphatic rings. The molecular formula is C20H20O6. The number of hydrogen-bond acceptors (Lipinski definition) is 6. The molecule has 0 unspecified atom stereocenters. The van der Waals surface area contributed by atoms with Crippen molar-refractivity contribution < 1.29 is 28.2 Å². The van der Waals surface area contributed by atoms with Crippen molar-refractivity contribution in [3.05, 3.63) is 53.3 Å². The van der Waals surface area contributed by atoms with Crippen LogP contribution in [0.25, 0.3) is 11.0 Å². The Morgan fingerprint density at radius 1 is 1.00 bits per heavy atom. The molecule has 1 aromatic heterocycles. The zero-order valence-corrected chi connectivity index (χ0v) is 15.1. The summed E-state index contributed by atoms with van der Waals surface area (Å²) in [4.78, 5) is 11.8. The molecule has 3 rings (SSSR count). The number of methoxy groups -OCH3 is 3. The molecule has 0 spiro atoms. The lowest BCUT2D eigenvalue weighted by molar-refractivity contribution is 0.0566. The fourth-order valence-electron chi connectivity index (χ4n) is 2.80. The van der Waals surface area contributed by atoms with Crippen LogP contribution < -0.4 is 14.2 Å². The number of carbonyl (C=O) groups excluding carboxylic acids is 1. The molecule has 2 aromatic carbocycles. The Kier molecular flexibility index (Phi) is 5.02. The van der Waals surface area contributed by atoms with Crippen molar-refractivity contribution >= 4 is 16.9 Å². The van der Waals surface area contributed by atoms with Gasteiger partial charge in [0.05, 0.1) is 26.7 Å². The first-order valence-electron chi connectivity index (χ1n) is 8.03. The van der Waals surface area contributed by atoms with Gasteiger partial charge < -0.3 is 23.4 Å². The second kappa shape index (κ2) is 7.39. The van der Waals surface area contributed by atoms with Crippen molar-refractivity contribution in [2.45, 2.75) is 13.5 Å². The average Bonchev–Trinajstić information content (AvgIpc) is 3.02. The highest BCUT2D eigenvalue weighted by molar-refractivity contribution is 5.98. The third-order valence-electron chi connectivity index (χ3n) is 4.13. The summed E-state index contributed by atoms with van der Waals surface area (Å²) in [6.45, 7) is 2.14. The second-order valence-electron chi connectivity index (χ2n) is 5.66. The summed E-state index contributed by atoms with van der Waals surface area (Å²) in [5.41, 5.74) is 2.19. The van der Waals surface area contributed by atoms with Gasteiger partial charge in [-0.25, -0.2) is 4.79 Å². The Labute approximate surface area is 151 Å². The van der Waals surface area contributed by atoms with Gasteiger partial charge in [0.15, 0.2) is 11.5 Å². The highest BCUT2D eigenvalue weighted by Gasteiger charge is 2.20. The number of fused-ring (bicyclic) bond motifs is 1. The van der Waals surface area contributed by atoms with E-state index in [1.54, 1.807) is 27.2 Å². The first-order chi connectivity index (χ1) is 12.6. The van der Waals surface area contributed by atoms with Gasteiger partial charge in [0.1, 0.15) is 17.9 Å². The summed E-state index contributed by atoms with van der Waals surface area (Å²) in [7, 11) is 4.51. The molecule has 26 heavy (non-hydrogen) atoms. The van der Waals surface area contributed by atoms with E-state index in [-0.39, 0.29) is 5.76 Å². The van der Waals surface area contributed by atoms with Gasteiger partial charge in [0, 0.05) is 5.56 Å². The maximum atomic E-state index is 11.8. The van der Waals surface area contributed by atoms with E-state index < -0.39 is 5.97 Å². The van der Waals surface area contributed by atoms with Gasteiger partial charge >= 0.3 is 5.97 Å². The van der Waals surface area contributed by atoms with Crippen LogP contribution in [0.4, 0.5) is 0 Å². The van der Waals surface area contributed by atoms with E-state index in [1.165, 1.54) is 7.11 Å². The lowest BCUT2D eigenvalue weighted by Crippen LogP contribution is -2.01. The van der Waals surface area contributed by atoms with E-state index in [0.29, 0.717) is 35.0 Å². The SMILES string of the molecule is COC(=O)c1oc2cccc(OCc3ccc(OC)c(OC)c3)c2c1C. The summed E-state index contributed by atoms with van der Waals surface area (Å²) in [5.74, 6) is 1.61. The minimum atomic E-state index is -0.510. The van der Waals surface area contributed by atoms with Crippen LogP contribution >= 0.6 is 0 Å². The standard InChI is InChI=1S/C20H20O6/c1-12-18-15(6-5-7-16(18)26-19(12)20(21)24-4)25-11-13-8-9-14(22-2)17(10-13)23-3/h5-10H,11H2,1-4H3. The summed E-state index contributed by atoms with van der Waals surface area (Å²) >= 11 is 0. The van der Waals surface area contributed by atoms with Crippen LogP contribution in [0.5, 0.6) is 17.2 Å². The summed E-state index contributed by atoms with van der Waals surface area (Å²) in [5, 5.41) is 0.758. The summed E-state index contributed by atoms with van der Waals surface area (Å²) < 4.78 is 26.9. The molecule has 0 saturated carbocycles. The molecule has 0 saturated heterocycles. The van der Waals surface area contributed by atoms with Crippen LogP contribution in [0.15, 0.2) is 40.8 Å². The van der Waals surface area contributed by atoms with Gasteiger partial charge in [0.2, 0.25) is 5.76 Å². The van der Waals surface area contributed by atoms with E-state index >= 15 is 0 Å². The second-order valence-corrected chi connectivity index (χ2v) is 5.66. The van der Waals surface area contributed by atoms with Crippen LogP contribution in [-0.2, 0) is 11.3 Å². The first-order valence-corrected chi connectivity index (χ1v) is 8.03. The van der Waals surface area contributed by atoms with Gasteiger partial charge in [-0.3, -0.25) is 0 Å². The number of rotatable bonds is 6. The van der Waals surface area contributed by atoms with Crippen LogP contribution in [0.3, 0.4) is 0 Å². The molecule has 6 heteroatoms. The Hall–Kier alpha value is -3.15. The van der Waals surface area contributed by atoms with Crippen LogP contribution in [-0.4, -0.2) is 27.3 Å². The number of ether oxygens (including phenoxy) is 4. The molecule has 1 heterocycles. The van der Waals surface area contributed by atoms with Gasteiger partial charge in [0.25, 0.3) is 0 Å². The van der Waals surface area contributed by atoms with Gasteiger partial charge in [-0.2, -0.15) is 0 Å². The predicted octanol–water partition coefficient (Wildman–Crippen LogP) is 4.12. The highest BCUT2D eigenvalue weighted by Crippen LogP contribution is 2.34. The number of carbonyl (C=O) groups is 1. The number of benzene rings is 2. The van der Waals surface area contributed by atoms with Crippen molar-refractivity contribution in [3.63, 3.8) is 0 Å². The van der Waals surface area contributed by atoms with Crippen molar-refractivity contribution in [1.29, 1.82) is 0 Å². The molecule has 0 aliphatic heterocycles. The fraction of sp³-hybridized carbons (Fsp3) is 0.250. The van der Waals surface area contributed by atoms with Gasteiger partial charge in [-0.1, -0.05) is 12.1 Å². The Morgan fingerprint density at radius 3 is 2.46 bits per heavy atom. The molecule has 0 aliphatic carbocycles. The normalized spacial score (nSPS) is 10.6. The maximum Gasteiger partial charge on any atom is 0.374 e. The molecule has 0 bridgehead atoms. The lowest BCUT2D eigenvalue weighted by Gasteiger charge is -2.11. The third-order valence-corrected chi connectivity index (χ3v) is 4.13. The number of hydrogen-bond donors (Lipinski definition) is 0. The summed E-state index contributed by atoms with van der Waals surface area (Å²) in [6.07, 6.45) is 0.